The molecule has 1 N–H and O–H groups in total. The van der Waals surface area contributed by atoms with Crippen molar-refractivity contribution in [1.29, 1.82) is 0 Å². The van der Waals surface area contributed by atoms with Crippen LogP contribution in [-0.4, -0.2) is 22.2 Å². The number of benzene rings is 1. The second-order valence-electron chi connectivity index (χ2n) is 4.57. The van der Waals surface area contributed by atoms with Gasteiger partial charge in [0.25, 0.3) is 0 Å². The largest absolute Gasteiger partial charge is 0.481 e. The highest BCUT2D eigenvalue weighted by Crippen LogP contribution is 2.32. The molecule has 0 amide bonds. The third-order valence-electron chi connectivity index (χ3n) is 3.32. The summed E-state index contributed by atoms with van der Waals surface area (Å²) in [5.41, 5.74) is 0.884. The van der Waals surface area contributed by atoms with Crippen LogP contribution >= 0.6 is 0 Å². The molecule has 0 radical (unpaired) electrons. The van der Waals surface area contributed by atoms with Crippen molar-refractivity contribution in [1.82, 2.24) is 0 Å². The molecule has 0 aliphatic heterocycles. The summed E-state index contributed by atoms with van der Waals surface area (Å²) in [6, 6.07) is 4.99. The lowest BCUT2D eigenvalue weighted by molar-refractivity contribution is -0.386. The van der Waals surface area contributed by atoms with Crippen molar-refractivity contribution in [3.8, 4) is 5.75 Å². The van der Waals surface area contributed by atoms with E-state index in [2.05, 4.69) is 0 Å². The average molecular weight is 251 g/mol. The molecular formula is C13H17NO4. The quantitative estimate of drug-likeness (QED) is 0.659. The molecule has 0 heterocycles. The summed E-state index contributed by atoms with van der Waals surface area (Å²) < 4.78 is 5.59. The first-order chi connectivity index (χ1) is 8.61. The summed E-state index contributed by atoms with van der Waals surface area (Å²) in [4.78, 5) is 10.6. The van der Waals surface area contributed by atoms with E-state index in [4.69, 9.17) is 4.74 Å². The van der Waals surface area contributed by atoms with Crippen molar-refractivity contribution in [2.45, 2.75) is 44.8 Å². The molecule has 0 saturated heterocycles. The van der Waals surface area contributed by atoms with Crippen LogP contribution in [0, 0.1) is 10.1 Å². The van der Waals surface area contributed by atoms with Crippen LogP contribution in [0.2, 0.25) is 0 Å². The molecule has 2 atom stereocenters. The van der Waals surface area contributed by atoms with Crippen LogP contribution in [0.5, 0.6) is 5.75 Å². The molecule has 0 aromatic heterocycles. The molecule has 98 valence electrons. The van der Waals surface area contributed by atoms with Crippen LogP contribution in [0.15, 0.2) is 18.2 Å². The first-order valence-electron chi connectivity index (χ1n) is 6.24. The molecule has 1 saturated carbocycles. The van der Waals surface area contributed by atoms with E-state index in [1.165, 1.54) is 6.07 Å². The Labute approximate surface area is 106 Å². The molecule has 1 aromatic carbocycles. The van der Waals surface area contributed by atoms with Gasteiger partial charge in [-0.05, 0) is 37.3 Å². The molecule has 1 aliphatic rings. The normalized spacial score (nSPS) is 23.0. The van der Waals surface area contributed by atoms with E-state index in [1.54, 1.807) is 6.07 Å². The highest BCUT2D eigenvalue weighted by atomic mass is 16.6. The number of nitro groups is 1. The maximum absolute atomic E-state index is 11.0. The number of nitro benzene ring substituents is 1. The summed E-state index contributed by atoms with van der Waals surface area (Å²) >= 11 is 0. The van der Waals surface area contributed by atoms with E-state index in [1.807, 2.05) is 13.0 Å². The molecule has 5 heteroatoms. The first kappa shape index (κ1) is 12.8. The van der Waals surface area contributed by atoms with Crippen LogP contribution in [0.4, 0.5) is 5.69 Å². The molecule has 5 nitrogen and oxygen atoms in total. The number of aliphatic hydroxyl groups excluding tert-OH is 1. The van der Waals surface area contributed by atoms with E-state index in [9.17, 15) is 15.2 Å². The minimum atomic E-state index is -0.518. The predicted molar refractivity (Wildman–Crippen MR) is 66.7 cm³/mol. The van der Waals surface area contributed by atoms with E-state index >= 15 is 0 Å². The summed E-state index contributed by atoms with van der Waals surface area (Å²) in [5.74, 6) is 0.253. The molecule has 1 aromatic rings. The van der Waals surface area contributed by atoms with Crippen molar-refractivity contribution >= 4 is 5.69 Å². The number of rotatable bonds is 4. The highest BCUT2D eigenvalue weighted by Gasteiger charge is 2.29. The Morgan fingerprint density at radius 3 is 2.83 bits per heavy atom. The van der Waals surface area contributed by atoms with Crippen LogP contribution < -0.4 is 4.74 Å². The van der Waals surface area contributed by atoms with Gasteiger partial charge in [-0.2, -0.15) is 0 Å². The van der Waals surface area contributed by atoms with Crippen molar-refractivity contribution in [2.75, 3.05) is 0 Å². The minimum absolute atomic E-state index is 0.0200. The van der Waals surface area contributed by atoms with Crippen LogP contribution in [0.1, 0.15) is 31.7 Å². The van der Waals surface area contributed by atoms with Gasteiger partial charge in [-0.3, -0.25) is 10.1 Å². The third-order valence-corrected chi connectivity index (χ3v) is 3.32. The van der Waals surface area contributed by atoms with Crippen molar-refractivity contribution < 1.29 is 14.8 Å². The van der Waals surface area contributed by atoms with Crippen molar-refractivity contribution in [2.24, 2.45) is 0 Å². The molecule has 2 rings (SSSR count). The molecule has 1 aliphatic carbocycles. The fraction of sp³-hybridized carbons (Fsp3) is 0.538. The number of hydrogen-bond donors (Lipinski definition) is 1. The van der Waals surface area contributed by atoms with Gasteiger partial charge < -0.3 is 9.84 Å². The summed E-state index contributed by atoms with van der Waals surface area (Å²) in [7, 11) is 0. The van der Waals surface area contributed by atoms with Crippen LogP contribution in [0.25, 0.3) is 0 Å². The maximum atomic E-state index is 11.0. The van der Waals surface area contributed by atoms with E-state index < -0.39 is 11.0 Å². The lowest BCUT2D eigenvalue weighted by Crippen LogP contribution is -2.25. The second kappa shape index (κ2) is 5.35. The number of nitrogens with zero attached hydrogens (tertiary/aromatic N) is 1. The molecule has 0 spiro atoms. The maximum Gasteiger partial charge on any atom is 0.311 e. The van der Waals surface area contributed by atoms with Gasteiger partial charge in [0.05, 0.1) is 11.0 Å². The van der Waals surface area contributed by atoms with Gasteiger partial charge >= 0.3 is 5.69 Å². The fourth-order valence-electron chi connectivity index (χ4n) is 2.23. The van der Waals surface area contributed by atoms with E-state index in [0.717, 1.165) is 24.8 Å². The first-order valence-corrected chi connectivity index (χ1v) is 6.24. The highest BCUT2D eigenvalue weighted by molar-refractivity contribution is 5.48. The van der Waals surface area contributed by atoms with Crippen molar-refractivity contribution in [3.05, 3.63) is 33.9 Å². The van der Waals surface area contributed by atoms with Gasteiger partial charge in [0.1, 0.15) is 6.10 Å². The molecule has 1 fully saturated rings. The van der Waals surface area contributed by atoms with E-state index in [-0.39, 0.29) is 17.5 Å². The topological polar surface area (TPSA) is 72.6 Å². The van der Waals surface area contributed by atoms with Gasteiger partial charge in [0, 0.05) is 6.07 Å². The Hall–Kier alpha value is -1.62. The molecular weight excluding hydrogens is 234 g/mol. The Kier molecular flexibility index (Phi) is 3.81. The second-order valence-corrected chi connectivity index (χ2v) is 4.57. The minimum Gasteiger partial charge on any atom is -0.481 e. The van der Waals surface area contributed by atoms with Gasteiger partial charge in [-0.25, -0.2) is 0 Å². The Morgan fingerprint density at radius 1 is 1.50 bits per heavy atom. The van der Waals surface area contributed by atoms with Crippen molar-refractivity contribution in [3.63, 3.8) is 0 Å². The number of aryl methyl sites for hydroxylation is 1. The van der Waals surface area contributed by atoms with Gasteiger partial charge in [-0.1, -0.05) is 13.0 Å². The zero-order chi connectivity index (χ0) is 13.1. The molecule has 18 heavy (non-hydrogen) atoms. The van der Waals surface area contributed by atoms with Gasteiger partial charge in [0.2, 0.25) is 0 Å². The molecule has 0 unspecified atom stereocenters. The number of ether oxygens (including phenoxy) is 1. The number of hydrogen-bond acceptors (Lipinski definition) is 4. The standard InChI is InChI=1S/C13H17NO4/c1-2-9-6-7-12(10(8-9)14(16)17)18-13-5-3-4-11(13)15/h6-8,11,13,15H,2-5H2,1H3/t11-,13-/m1/s1. The van der Waals surface area contributed by atoms with Crippen LogP contribution in [-0.2, 0) is 6.42 Å². The SMILES string of the molecule is CCc1ccc(O[C@@H]2CCC[C@H]2O)c([N+](=O)[O-])c1. The summed E-state index contributed by atoms with van der Waals surface area (Å²) in [6.45, 7) is 1.94. The Morgan fingerprint density at radius 2 is 2.28 bits per heavy atom. The number of aliphatic hydroxyl groups is 1. The van der Waals surface area contributed by atoms with Gasteiger partial charge in [0.15, 0.2) is 5.75 Å². The third kappa shape index (κ3) is 2.61. The van der Waals surface area contributed by atoms with Gasteiger partial charge in [-0.15, -0.1) is 0 Å². The lowest BCUT2D eigenvalue weighted by Gasteiger charge is -2.17. The molecule has 0 bridgehead atoms. The summed E-state index contributed by atoms with van der Waals surface area (Å²) in [5, 5.41) is 20.7. The smallest absolute Gasteiger partial charge is 0.311 e. The van der Waals surface area contributed by atoms with E-state index in [0.29, 0.717) is 6.42 Å². The monoisotopic (exact) mass is 251 g/mol. The Bertz CT molecular complexity index is 447. The predicted octanol–water partition coefficient (Wildman–Crippen LogP) is 2.45. The lowest BCUT2D eigenvalue weighted by atomic mass is 10.1. The zero-order valence-electron chi connectivity index (χ0n) is 10.3. The van der Waals surface area contributed by atoms with Crippen LogP contribution in [0.3, 0.4) is 0 Å². The fourth-order valence-corrected chi connectivity index (χ4v) is 2.23. The average Bonchev–Trinajstić information content (AvgIpc) is 2.75. The Balaban J connectivity index is 2.23. The zero-order valence-corrected chi connectivity index (χ0v) is 10.3. The summed E-state index contributed by atoms with van der Waals surface area (Å²) in [6.07, 6.45) is 2.24.